The zero-order chi connectivity index (χ0) is 12.7. The molecule has 0 aliphatic carbocycles. The average molecular weight is 303 g/mol. The van der Waals surface area contributed by atoms with E-state index in [1.807, 2.05) is 36.7 Å². The van der Waals surface area contributed by atoms with Gasteiger partial charge in [-0.1, -0.05) is 0 Å². The highest BCUT2D eigenvalue weighted by Gasteiger charge is 2.09. The topological polar surface area (TPSA) is 43.1 Å². The summed E-state index contributed by atoms with van der Waals surface area (Å²) in [5.74, 6) is 0. The summed E-state index contributed by atoms with van der Waals surface area (Å²) in [5, 5.41) is 0. The van der Waals surface area contributed by atoms with Crippen LogP contribution in [0.15, 0.2) is 35.3 Å². The van der Waals surface area contributed by atoms with Gasteiger partial charge in [0.15, 0.2) is 0 Å². The molecule has 90 valence electrons. The van der Waals surface area contributed by atoms with Crippen molar-refractivity contribution in [3.63, 3.8) is 0 Å². The van der Waals surface area contributed by atoms with Crippen molar-refractivity contribution in [1.82, 2.24) is 19.4 Å². The molecule has 0 radical (unpaired) electrons. The molecule has 0 unspecified atom stereocenters. The van der Waals surface area contributed by atoms with Crippen LogP contribution in [0.3, 0.4) is 0 Å². The van der Waals surface area contributed by atoms with Gasteiger partial charge in [0.1, 0.15) is 17.0 Å². The summed E-state index contributed by atoms with van der Waals surface area (Å²) in [7, 11) is 0. The second kappa shape index (κ2) is 4.17. The molecule has 3 aromatic heterocycles. The monoisotopic (exact) mass is 302 g/mol. The van der Waals surface area contributed by atoms with E-state index in [1.54, 1.807) is 12.4 Å². The van der Waals surface area contributed by atoms with Crippen LogP contribution in [-0.4, -0.2) is 19.4 Å². The molecule has 0 saturated heterocycles. The summed E-state index contributed by atoms with van der Waals surface area (Å²) in [6.45, 7) is 3.99. The van der Waals surface area contributed by atoms with Gasteiger partial charge in [0.05, 0.1) is 5.69 Å². The van der Waals surface area contributed by atoms with Crippen LogP contribution < -0.4 is 0 Å². The van der Waals surface area contributed by atoms with Crippen molar-refractivity contribution >= 4 is 21.6 Å². The van der Waals surface area contributed by atoms with Gasteiger partial charge in [-0.25, -0.2) is 4.98 Å². The Morgan fingerprint density at radius 2 is 1.89 bits per heavy atom. The van der Waals surface area contributed by atoms with Crippen molar-refractivity contribution < 1.29 is 0 Å². The van der Waals surface area contributed by atoms with E-state index in [9.17, 15) is 0 Å². The Hall–Kier alpha value is -1.75. The number of fused-ring (bicyclic) bond motifs is 1. The van der Waals surface area contributed by atoms with Crippen molar-refractivity contribution in [2.24, 2.45) is 0 Å². The van der Waals surface area contributed by atoms with Gasteiger partial charge in [-0.05, 0) is 41.4 Å². The summed E-state index contributed by atoms with van der Waals surface area (Å²) >= 11 is 3.52. The molecule has 3 heterocycles. The fourth-order valence-electron chi connectivity index (χ4n) is 1.88. The smallest absolute Gasteiger partial charge is 0.137 e. The van der Waals surface area contributed by atoms with Gasteiger partial charge >= 0.3 is 0 Å². The lowest BCUT2D eigenvalue weighted by Crippen LogP contribution is -1.90. The van der Waals surface area contributed by atoms with Crippen LogP contribution in [0.4, 0.5) is 0 Å². The third kappa shape index (κ3) is 1.80. The summed E-state index contributed by atoms with van der Waals surface area (Å²) in [5.41, 5.74) is 4.64. The van der Waals surface area contributed by atoms with Gasteiger partial charge in [-0.15, -0.1) is 0 Å². The van der Waals surface area contributed by atoms with Crippen LogP contribution in [0.2, 0.25) is 0 Å². The van der Waals surface area contributed by atoms with Crippen molar-refractivity contribution in [1.29, 1.82) is 0 Å². The van der Waals surface area contributed by atoms with E-state index >= 15 is 0 Å². The van der Waals surface area contributed by atoms with Crippen LogP contribution in [0.5, 0.6) is 0 Å². The maximum absolute atomic E-state index is 4.59. The molecular weight excluding hydrogens is 292 g/mol. The third-order valence-corrected chi connectivity index (χ3v) is 3.69. The van der Waals surface area contributed by atoms with E-state index < -0.39 is 0 Å². The predicted molar refractivity (Wildman–Crippen MR) is 73.4 cm³/mol. The highest BCUT2D eigenvalue weighted by molar-refractivity contribution is 9.10. The number of pyridine rings is 1. The molecule has 0 aromatic carbocycles. The largest absolute Gasteiger partial charge is 0.305 e. The van der Waals surface area contributed by atoms with E-state index in [2.05, 4.69) is 30.9 Å². The lowest BCUT2D eigenvalue weighted by atomic mass is 10.2. The summed E-state index contributed by atoms with van der Waals surface area (Å²) in [6.07, 6.45) is 7.35. The number of imidazole rings is 1. The molecule has 0 amide bonds. The molecule has 0 fully saturated rings. The molecule has 0 aliphatic heterocycles. The summed E-state index contributed by atoms with van der Waals surface area (Å²) < 4.78 is 3.05. The molecule has 0 aliphatic rings. The summed E-state index contributed by atoms with van der Waals surface area (Å²) in [6, 6.07) is 2.04. The van der Waals surface area contributed by atoms with E-state index in [-0.39, 0.29) is 0 Å². The number of aromatic nitrogens is 4. The Balaban J connectivity index is 2.23. The highest BCUT2D eigenvalue weighted by Crippen LogP contribution is 2.22. The first kappa shape index (κ1) is 11.3. The van der Waals surface area contributed by atoms with Crippen molar-refractivity contribution in [3.05, 3.63) is 46.6 Å². The fraction of sp³-hybridized carbons (Fsp3) is 0.154. The fourth-order valence-corrected chi connectivity index (χ4v) is 2.21. The molecule has 0 spiro atoms. The molecular formula is C13H11BrN4. The first-order valence-electron chi connectivity index (χ1n) is 5.58. The Bertz CT molecular complexity index is 694. The van der Waals surface area contributed by atoms with E-state index in [0.29, 0.717) is 0 Å². The van der Waals surface area contributed by atoms with Crippen LogP contribution in [0.25, 0.3) is 17.0 Å². The minimum absolute atomic E-state index is 0.829. The molecule has 0 N–H and O–H groups in total. The lowest BCUT2D eigenvalue weighted by Gasteiger charge is -1.98. The maximum atomic E-state index is 4.59. The zero-order valence-electron chi connectivity index (χ0n) is 10.1. The first-order valence-corrected chi connectivity index (χ1v) is 6.37. The zero-order valence-corrected chi connectivity index (χ0v) is 11.6. The average Bonchev–Trinajstić information content (AvgIpc) is 2.73. The van der Waals surface area contributed by atoms with Crippen LogP contribution in [0.1, 0.15) is 11.3 Å². The van der Waals surface area contributed by atoms with Crippen molar-refractivity contribution in [3.8, 4) is 11.4 Å². The Morgan fingerprint density at radius 3 is 2.67 bits per heavy atom. The van der Waals surface area contributed by atoms with Crippen LogP contribution in [0, 0.1) is 13.8 Å². The number of rotatable bonds is 1. The minimum atomic E-state index is 0.829. The number of nitrogens with zero attached hydrogens (tertiary/aromatic N) is 4. The van der Waals surface area contributed by atoms with Gasteiger partial charge < -0.3 is 4.40 Å². The molecule has 0 atom stereocenters. The number of hydrogen-bond donors (Lipinski definition) is 0. The van der Waals surface area contributed by atoms with E-state index in [0.717, 1.165) is 32.8 Å². The van der Waals surface area contributed by atoms with Gasteiger partial charge in [0.2, 0.25) is 0 Å². The van der Waals surface area contributed by atoms with Crippen molar-refractivity contribution in [2.75, 3.05) is 0 Å². The Kier molecular flexibility index (Phi) is 2.63. The quantitative estimate of drug-likeness (QED) is 0.693. The summed E-state index contributed by atoms with van der Waals surface area (Å²) in [4.78, 5) is 13.2. The number of hydrogen-bond acceptors (Lipinski definition) is 3. The molecule has 4 nitrogen and oxygen atoms in total. The molecule has 3 aromatic rings. The minimum Gasteiger partial charge on any atom is -0.305 e. The normalized spacial score (nSPS) is 11.1. The van der Waals surface area contributed by atoms with Crippen molar-refractivity contribution in [2.45, 2.75) is 13.8 Å². The van der Waals surface area contributed by atoms with Crippen LogP contribution in [-0.2, 0) is 0 Å². The third-order valence-electron chi connectivity index (χ3n) is 2.86. The molecule has 0 bridgehead atoms. The number of halogens is 1. The lowest BCUT2D eigenvalue weighted by molar-refractivity contribution is 1.11. The van der Waals surface area contributed by atoms with E-state index in [1.165, 1.54) is 0 Å². The first-order chi connectivity index (χ1) is 8.65. The second-order valence-corrected chi connectivity index (χ2v) is 5.04. The highest BCUT2D eigenvalue weighted by atomic mass is 79.9. The maximum Gasteiger partial charge on any atom is 0.137 e. The van der Waals surface area contributed by atoms with Gasteiger partial charge in [-0.2, -0.15) is 0 Å². The molecule has 18 heavy (non-hydrogen) atoms. The Morgan fingerprint density at radius 1 is 1.11 bits per heavy atom. The van der Waals surface area contributed by atoms with Crippen LogP contribution >= 0.6 is 15.9 Å². The van der Waals surface area contributed by atoms with Gasteiger partial charge in [0.25, 0.3) is 0 Å². The van der Waals surface area contributed by atoms with Gasteiger partial charge in [0, 0.05) is 29.3 Å². The molecule has 5 heteroatoms. The van der Waals surface area contributed by atoms with E-state index in [4.69, 9.17) is 0 Å². The molecule has 3 rings (SSSR count). The molecule has 0 saturated carbocycles. The number of aryl methyl sites for hydroxylation is 2. The van der Waals surface area contributed by atoms with Gasteiger partial charge in [-0.3, -0.25) is 9.97 Å². The Labute approximate surface area is 113 Å². The predicted octanol–water partition coefficient (Wildman–Crippen LogP) is 3.17. The second-order valence-electron chi connectivity index (χ2n) is 4.19. The SMILES string of the molecule is Cc1cc2nc(-c3nccnc3C)cn2cc1Br. The standard InChI is InChI=1S/C13H11BrN4/c1-8-5-12-17-11(7-18(12)6-10(8)14)13-9(2)15-3-4-16-13/h3-7H,1-2H3.